The number of nitro groups is 1. The monoisotopic (exact) mass is 323 g/mol. The van der Waals surface area contributed by atoms with Gasteiger partial charge in [0.1, 0.15) is 0 Å². The van der Waals surface area contributed by atoms with Gasteiger partial charge < -0.3 is 15.1 Å². The van der Waals surface area contributed by atoms with E-state index >= 15 is 0 Å². The first-order chi connectivity index (χ1) is 10.9. The van der Waals surface area contributed by atoms with Gasteiger partial charge in [-0.25, -0.2) is 0 Å². The molecule has 8 nitrogen and oxygen atoms in total. The Balaban J connectivity index is 2.49. The van der Waals surface area contributed by atoms with E-state index in [9.17, 15) is 19.7 Å². The summed E-state index contributed by atoms with van der Waals surface area (Å²) in [6.07, 6.45) is 0. The van der Waals surface area contributed by atoms with Crippen molar-refractivity contribution in [1.29, 1.82) is 0 Å². The van der Waals surface area contributed by atoms with Gasteiger partial charge in [-0.15, -0.1) is 0 Å². The fourth-order valence-electron chi connectivity index (χ4n) is 2.15. The SMILES string of the molecule is CCN(CC)C(=O)C[NH+](C)CC(=O)Nc1ccc([N+](=O)[O-])cc1. The summed E-state index contributed by atoms with van der Waals surface area (Å²) in [7, 11) is 1.77. The Morgan fingerprint density at radius 2 is 1.74 bits per heavy atom. The average Bonchev–Trinajstić information content (AvgIpc) is 2.48. The lowest BCUT2D eigenvalue weighted by atomic mass is 10.3. The van der Waals surface area contributed by atoms with Gasteiger partial charge in [-0.3, -0.25) is 19.7 Å². The van der Waals surface area contributed by atoms with Crippen LogP contribution in [0.25, 0.3) is 0 Å². The van der Waals surface area contributed by atoms with E-state index in [1.807, 2.05) is 13.8 Å². The van der Waals surface area contributed by atoms with Gasteiger partial charge in [0.05, 0.1) is 12.0 Å². The minimum absolute atomic E-state index is 0.00985. The second kappa shape index (κ2) is 8.84. The molecule has 0 aliphatic heterocycles. The molecule has 0 saturated heterocycles. The molecule has 1 aromatic carbocycles. The molecule has 1 aromatic rings. The molecule has 2 amide bonds. The lowest BCUT2D eigenvalue weighted by Crippen LogP contribution is -3.11. The van der Waals surface area contributed by atoms with Gasteiger partial charge >= 0.3 is 0 Å². The first kappa shape index (κ1) is 18.6. The first-order valence-corrected chi connectivity index (χ1v) is 7.50. The van der Waals surface area contributed by atoms with Crippen LogP contribution < -0.4 is 10.2 Å². The van der Waals surface area contributed by atoms with Crippen LogP contribution in [0.1, 0.15) is 13.8 Å². The Morgan fingerprint density at radius 1 is 1.17 bits per heavy atom. The zero-order valence-electron chi connectivity index (χ0n) is 13.7. The van der Waals surface area contributed by atoms with Crippen LogP contribution in [-0.4, -0.2) is 54.9 Å². The maximum atomic E-state index is 12.0. The van der Waals surface area contributed by atoms with Gasteiger partial charge in [0, 0.05) is 30.9 Å². The van der Waals surface area contributed by atoms with E-state index in [0.717, 1.165) is 4.90 Å². The fourth-order valence-corrected chi connectivity index (χ4v) is 2.15. The van der Waals surface area contributed by atoms with E-state index in [1.165, 1.54) is 24.3 Å². The van der Waals surface area contributed by atoms with E-state index in [0.29, 0.717) is 18.8 Å². The number of anilines is 1. The highest BCUT2D eigenvalue weighted by Gasteiger charge is 2.17. The minimum Gasteiger partial charge on any atom is -0.338 e. The summed E-state index contributed by atoms with van der Waals surface area (Å²) in [5.41, 5.74) is 0.457. The molecule has 0 heterocycles. The second-order valence-corrected chi connectivity index (χ2v) is 5.23. The molecule has 8 heteroatoms. The molecule has 0 saturated carbocycles. The zero-order chi connectivity index (χ0) is 17.4. The van der Waals surface area contributed by atoms with Crippen molar-refractivity contribution < 1.29 is 19.4 Å². The molecule has 1 unspecified atom stereocenters. The highest BCUT2D eigenvalue weighted by Crippen LogP contribution is 2.14. The van der Waals surface area contributed by atoms with Crippen molar-refractivity contribution in [3.05, 3.63) is 34.4 Å². The van der Waals surface area contributed by atoms with Gasteiger partial charge in [0.2, 0.25) is 0 Å². The van der Waals surface area contributed by atoms with E-state index in [-0.39, 0.29) is 30.6 Å². The number of non-ortho nitro benzene ring substituents is 1. The van der Waals surface area contributed by atoms with Gasteiger partial charge in [-0.2, -0.15) is 0 Å². The molecule has 1 rings (SSSR count). The van der Waals surface area contributed by atoms with Crippen LogP contribution in [0, 0.1) is 10.1 Å². The number of hydrogen-bond donors (Lipinski definition) is 2. The van der Waals surface area contributed by atoms with Crippen molar-refractivity contribution in [1.82, 2.24) is 4.90 Å². The summed E-state index contributed by atoms with van der Waals surface area (Å²) >= 11 is 0. The minimum atomic E-state index is -0.498. The Morgan fingerprint density at radius 3 is 2.22 bits per heavy atom. The number of carbonyl (C=O) groups excluding carboxylic acids is 2. The molecule has 1 atom stereocenters. The number of nitro benzene ring substituents is 1. The number of amides is 2. The second-order valence-electron chi connectivity index (χ2n) is 5.23. The largest absolute Gasteiger partial charge is 0.338 e. The van der Waals surface area contributed by atoms with Crippen LogP contribution in [0.2, 0.25) is 0 Å². The summed E-state index contributed by atoms with van der Waals surface area (Å²) in [6, 6.07) is 5.62. The van der Waals surface area contributed by atoms with Crippen LogP contribution in [0.5, 0.6) is 0 Å². The van der Waals surface area contributed by atoms with E-state index < -0.39 is 4.92 Å². The average molecular weight is 323 g/mol. The normalized spacial score (nSPS) is 11.6. The third-order valence-electron chi connectivity index (χ3n) is 3.39. The summed E-state index contributed by atoms with van der Waals surface area (Å²) in [5.74, 6) is -0.237. The van der Waals surface area contributed by atoms with Crippen LogP contribution in [0.4, 0.5) is 11.4 Å². The van der Waals surface area contributed by atoms with E-state index in [4.69, 9.17) is 0 Å². The van der Waals surface area contributed by atoms with Crippen molar-refractivity contribution in [3.8, 4) is 0 Å². The van der Waals surface area contributed by atoms with Crippen molar-refractivity contribution in [3.63, 3.8) is 0 Å². The number of quaternary nitrogens is 1. The Bertz CT molecular complexity index is 555. The molecule has 0 bridgehead atoms. The molecule has 0 aromatic heterocycles. The Hall–Kier alpha value is -2.48. The number of likely N-dealkylation sites (N-methyl/N-ethyl adjacent to an activating group) is 2. The van der Waals surface area contributed by atoms with Crippen molar-refractivity contribution in [2.75, 3.05) is 38.5 Å². The molecule has 0 aliphatic carbocycles. The first-order valence-electron chi connectivity index (χ1n) is 7.50. The highest BCUT2D eigenvalue weighted by atomic mass is 16.6. The lowest BCUT2D eigenvalue weighted by molar-refractivity contribution is -0.862. The summed E-state index contributed by atoms with van der Waals surface area (Å²) in [4.78, 5) is 36.5. The molecule has 0 radical (unpaired) electrons. The van der Waals surface area contributed by atoms with E-state index in [1.54, 1.807) is 11.9 Å². The maximum absolute atomic E-state index is 12.0. The highest BCUT2D eigenvalue weighted by molar-refractivity contribution is 5.91. The molecule has 0 fully saturated rings. The van der Waals surface area contributed by atoms with Crippen molar-refractivity contribution in [2.45, 2.75) is 13.8 Å². The predicted octanol–water partition coefficient (Wildman–Crippen LogP) is -0.0836. The number of nitrogens with zero attached hydrogens (tertiary/aromatic N) is 2. The standard InChI is InChI=1S/C15H22N4O4/c1-4-18(5-2)15(21)11-17(3)10-14(20)16-12-6-8-13(9-7-12)19(22)23/h6-9H,4-5,10-11H2,1-3H3,(H,16,20)/p+1. The number of rotatable bonds is 8. The van der Waals surface area contributed by atoms with Gasteiger partial charge in [0.15, 0.2) is 13.1 Å². The number of nitrogens with one attached hydrogen (secondary N) is 2. The molecular formula is C15H23N4O4+. The summed E-state index contributed by atoms with van der Waals surface area (Å²) < 4.78 is 0. The fraction of sp³-hybridized carbons (Fsp3) is 0.467. The molecular weight excluding hydrogens is 300 g/mol. The molecule has 126 valence electrons. The summed E-state index contributed by atoms with van der Waals surface area (Å²) in [5, 5.41) is 13.2. The zero-order valence-corrected chi connectivity index (χ0v) is 13.7. The van der Waals surface area contributed by atoms with E-state index in [2.05, 4.69) is 5.32 Å². The lowest BCUT2D eigenvalue weighted by Gasteiger charge is -2.20. The van der Waals surface area contributed by atoms with Gasteiger partial charge in [-0.1, -0.05) is 0 Å². The van der Waals surface area contributed by atoms with Crippen molar-refractivity contribution in [2.24, 2.45) is 0 Å². The van der Waals surface area contributed by atoms with Crippen LogP contribution in [0.3, 0.4) is 0 Å². The van der Waals surface area contributed by atoms with Crippen LogP contribution in [-0.2, 0) is 9.59 Å². The molecule has 0 aliphatic rings. The molecule has 23 heavy (non-hydrogen) atoms. The quantitative estimate of drug-likeness (QED) is 0.516. The molecule has 2 N–H and O–H groups in total. The van der Waals surface area contributed by atoms with Gasteiger partial charge in [0.25, 0.3) is 17.5 Å². The third kappa shape index (κ3) is 6.03. The van der Waals surface area contributed by atoms with Gasteiger partial charge in [-0.05, 0) is 26.0 Å². The third-order valence-corrected chi connectivity index (χ3v) is 3.39. The van der Waals surface area contributed by atoms with Crippen LogP contribution >= 0.6 is 0 Å². The van der Waals surface area contributed by atoms with Crippen LogP contribution in [0.15, 0.2) is 24.3 Å². The Labute approximate surface area is 135 Å². The predicted molar refractivity (Wildman–Crippen MR) is 86.3 cm³/mol. The number of carbonyl (C=O) groups is 2. The topological polar surface area (TPSA) is 97.0 Å². The number of hydrogen-bond acceptors (Lipinski definition) is 4. The summed E-state index contributed by atoms with van der Waals surface area (Å²) in [6.45, 7) is 5.52. The number of benzene rings is 1. The molecule has 0 spiro atoms. The maximum Gasteiger partial charge on any atom is 0.279 e. The smallest absolute Gasteiger partial charge is 0.279 e. The Kier molecular flexibility index (Phi) is 7.14. The van der Waals surface area contributed by atoms with Crippen molar-refractivity contribution >= 4 is 23.2 Å².